The van der Waals surface area contributed by atoms with Crippen LogP contribution in [0.4, 0.5) is 16.5 Å². The Balaban J connectivity index is 2.37. The van der Waals surface area contributed by atoms with Crippen LogP contribution in [0.1, 0.15) is 4.88 Å². The van der Waals surface area contributed by atoms with E-state index < -0.39 is 14.9 Å². The Labute approximate surface area is 118 Å². The van der Waals surface area contributed by atoms with Gasteiger partial charge in [0.15, 0.2) is 5.13 Å². The molecule has 0 aliphatic carbocycles. The van der Waals surface area contributed by atoms with E-state index in [1.807, 2.05) is 0 Å². The third-order valence-corrected chi connectivity index (χ3v) is 4.71. The Hall–Kier alpha value is -2.20. The molecule has 20 heavy (non-hydrogen) atoms. The number of nitrogens with zero attached hydrogens (tertiary/aromatic N) is 2. The smallest absolute Gasteiger partial charge is 0.271 e. The van der Waals surface area contributed by atoms with Gasteiger partial charge >= 0.3 is 0 Å². The number of rotatable bonds is 4. The van der Waals surface area contributed by atoms with Crippen LogP contribution in [0.5, 0.6) is 0 Å². The van der Waals surface area contributed by atoms with Gasteiger partial charge in [0.05, 0.1) is 10.6 Å². The fourth-order valence-corrected chi connectivity index (χ4v) is 3.49. The summed E-state index contributed by atoms with van der Waals surface area (Å²) < 4.78 is 26.5. The third kappa shape index (κ3) is 2.86. The molecule has 2 rings (SSSR count). The van der Waals surface area contributed by atoms with Crippen LogP contribution < -0.4 is 10.5 Å². The topological polar surface area (TPSA) is 128 Å². The highest BCUT2D eigenvalue weighted by Crippen LogP contribution is 2.27. The van der Waals surface area contributed by atoms with Crippen LogP contribution in [0.2, 0.25) is 0 Å². The Bertz CT molecular complexity index is 769. The van der Waals surface area contributed by atoms with E-state index in [-0.39, 0.29) is 21.4 Å². The molecule has 10 heteroatoms. The first-order valence-corrected chi connectivity index (χ1v) is 7.59. The highest BCUT2D eigenvalue weighted by atomic mass is 32.2. The van der Waals surface area contributed by atoms with Gasteiger partial charge in [-0.3, -0.25) is 14.8 Å². The molecule has 0 fully saturated rings. The summed E-state index contributed by atoms with van der Waals surface area (Å²) in [6, 6.07) is 3.18. The molecule has 0 aliphatic rings. The van der Waals surface area contributed by atoms with Crippen molar-refractivity contribution in [2.24, 2.45) is 0 Å². The molecule has 0 atom stereocenters. The lowest BCUT2D eigenvalue weighted by Crippen LogP contribution is -2.14. The van der Waals surface area contributed by atoms with Crippen molar-refractivity contribution in [1.29, 1.82) is 0 Å². The van der Waals surface area contributed by atoms with Gasteiger partial charge in [-0.25, -0.2) is 13.4 Å². The average molecular weight is 314 g/mol. The molecule has 106 valence electrons. The van der Waals surface area contributed by atoms with Crippen molar-refractivity contribution < 1.29 is 13.3 Å². The van der Waals surface area contributed by atoms with Crippen LogP contribution in [0, 0.1) is 17.0 Å². The van der Waals surface area contributed by atoms with Gasteiger partial charge in [-0.2, -0.15) is 0 Å². The van der Waals surface area contributed by atoms with Crippen LogP contribution in [-0.4, -0.2) is 18.3 Å². The summed E-state index contributed by atoms with van der Waals surface area (Å²) in [5.74, 6) is 0. The number of nitrogens with one attached hydrogen (secondary N) is 1. The highest BCUT2D eigenvalue weighted by molar-refractivity contribution is 7.93. The molecule has 1 aromatic carbocycles. The summed E-state index contributed by atoms with van der Waals surface area (Å²) >= 11 is 1.17. The normalized spacial score (nSPS) is 11.2. The van der Waals surface area contributed by atoms with Crippen LogP contribution in [0.3, 0.4) is 0 Å². The standard InChI is InChI=1S/C10H10N4O4S2/c1-6-5-12-10(19-6)13-20(17,18)9-3-2-7(14(15)16)4-8(9)11/h2-5H,11H2,1H3,(H,12,13). The SMILES string of the molecule is Cc1cnc(NS(=O)(=O)c2ccc([N+](=O)[O-])cc2N)s1. The maximum Gasteiger partial charge on any atom is 0.271 e. The van der Waals surface area contributed by atoms with Gasteiger partial charge in [-0.1, -0.05) is 0 Å². The van der Waals surface area contributed by atoms with Crippen molar-refractivity contribution in [2.45, 2.75) is 11.8 Å². The number of nitro groups is 1. The number of nitrogens with two attached hydrogens (primary N) is 1. The quantitative estimate of drug-likeness (QED) is 0.502. The number of nitro benzene ring substituents is 1. The molecule has 0 unspecified atom stereocenters. The average Bonchev–Trinajstić information content (AvgIpc) is 2.73. The van der Waals surface area contributed by atoms with Gasteiger partial charge < -0.3 is 5.73 Å². The lowest BCUT2D eigenvalue weighted by atomic mass is 10.3. The van der Waals surface area contributed by atoms with Gasteiger partial charge in [-0.15, -0.1) is 11.3 Å². The Morgan fingerprint density at radius 1 is 1.45 bits per heavy atom. The van der Waals surface area contributed by atoms with Gasteiger partial charge in [0, 0.05) is 23.2 Å². The molecule has 1 heterocycles. The maximum atomic E-state index is 12.1. The molecule has 0 bridgehead atoms. The molecule has 0 aliphatic heterocycles. The molecule has 0 saturated carbocycles. The second kappa shape index (κ2) is 5.06. The molecule has 8 nitrogen and oxygen atoms in total. The summed E-state index contributed by atoms with van der Waals surface area (Å²) in [4.78, 5) is 14.4. The van der Waals surface area contributed by atoms with E-state index in [1.165, 1.54) is 17.5 Å². The predicted octanol–water partition coefficient (Wildman–Crippen LogP) is 1.74. The number of nitrogen functional groups attached to an aromatic ring is 1. The number of hydrogen-bond donors (Lipinski definition) is 2. The molecule has 0 radical (unpaired) electrons. The van der Waals surface area contributed by atoms with Crippen molar-refractivity contribution in [3.8, 4) is 0 Å². The molecular formula is C10H10N4O4S2. The van der Waals surface area contributed by atoms with Gasteiger partial charge in [0.2, 0.25) is 0 Å². The fourth-order valence-electron chi connectivity index (χ4n) is 1.47. The number of benzene rings is 1. The van der Waals surface area contributed by atoms with Gasteiger partial charge in [0.1, 0.15) is 4.90 Å². The molecule has 0 saturated heterocycles. The largest absolute Gasteiger partial charge is 0.397 e. The third-order valence-electron chi connectivity index (χ3n) is 2.34. The number of hydrogen-bond acceptors (Lipinski definition) is 7. The second-order valence-corrected chi connectivity index (χ2v) is 6.75. The number of anilines is 2. The second-order valence-electron chi connectivity index (χ2n) is 3.86. The van der Waals surface area contributed by atoms with Crippen molar-refractivity contribution in [3.63, 3.8) is 0 Å². The summed E-state index contributed by atoms with van der Waals surface area (Å²) in [7, 11) is -3.92. The van der Waals surface area contributed by atoms with Gasteiger partial charge in [-0.05, 0) is 13.0 Å². The van der Waals surface area contributed by atoms with E-state index in [4.69, 9.17) is 5.73 Å². The van der Waals surface area contributed by atoms with Crippen LogP contribution in [0.25, 0.3) is 0 Å². The lowest BCUT2D eigenvalue weighted by molar-refractivity contribution is -0.384. The van der Waals surface area contributed by atoms with Crippen LogP contribution in [-0.2, 0) is 10.0 Å². The minimum atomic E-state index is -3.92. The summed E-state index contributed by atoms with van der Waals surface area (Å²) in [5, 5.41) is 10.8. The lowest BCUT2D eigenvalue weighted by Gasteiger charge is -2.07. The number of non-ortho nitro benzene ring substituents is 1. The predicted molar refractivity (Wildman–Crippen MR) is 75.2 cm³/mol. The van der Waals surface area contributed by atoms with E-state index in [0.717, 1.165) is 23.1 Å². The minimum Gasteiger partial charge on any atom is -0.397 e. The Morgan fingerprint density at radius 3 is 2.65 bits per heavy atom. The highest BCUT2D eigenvalue weighted by Gasteiger charge is 2.21. The van der Waals surface area contributed by atoms with E-state index >= 15 is 0 Å². The molecule has 0 amide bonds. The van der Waals surface area contributed by atoms with Gasteiger partial charge in [0.25, 0.3) is 15.7 Å². The molecular weight excluding hydrogens is 304 g/mol. The first-order valence-electron chi connectivity index (χ1n) is 5.29. The van der Waals surface area contributed by atoms with Crippen molar-refractivity contribution in [2.75, 3.05) is 10.5 Å². The van der Waals surface area contributed by atoms with E-state index in [9.17, 15) is 18.5 Å². The Kier molecular flexibility index (Phi) is 3.59. The minimum absolute atomic E-state index is 0.194. The summed E-state index contributed by atoms with van der Waals surface area (Å²) in [5.41, 5.74) is 5.10. The zero-order valence-electron chi connectivity index (χ0n) is 10.2. The zero-order valence-corrected chi connectivity index (χ0v) is 11.9. The summed E-state index contributed by atoms with van der Waals surface area (Å²) in [6.45, 7) is 1.79. The first kappa shape index (κ1) is 14.2. The fraction of sp³-hybridized carbons (Fsp3) is 0.100. The molecule has 0 spiro atoms. The zero-order chi connectivity index (χ0) is 14.9. The van der Waals surface area contributed by atoms with Crippen molar-refractivity contribution in [3.05, 3.63) is 39.4 Å². The van der Waals surface area contributed by atoms with Crippen molar-refractivity contribution in [1.82, 2.24) is 4.98 Å². The monoisotopic (exact) mass is 314 g/mol. The number of aryl methyl sites for hydroxylation is 1. The summed E-state index contributed by atoms with van der Waals surface area (Å²) in [6.07, 6.45) is 1.53. The van der Waals surface area contributed by atoms with Crippen LogP contribution in [0.15, 0.2) is 29.3 Å². The maximum absolute atomic E-state index is 12.1. The van der Waals surface area contributed by atoms with E-state index in [0.29, 0.717) is 0 Å². The van der Waals surface area contributed by atoms with Crippen molar-refractivity contribution >= 4 is 37.9 Å². The first-order chi connectivity index (χ1) is 9.29. The molecule has 3 N–H and O–H groups in total. The molecule has 1 aromatic heterocycles. The van der Waals surface area contributed by atoms with E-state index in [2.05, 4.69) is 9.71 Å². The van der Waals surface area contributed by atoms with Crippen LogP contribution >= 0.6 is 11.3 Å². The Morgan fingerprint density at radius 2 is 2.15 bits per heavy atom. The number of aromatic nitrogens is 1. The number of sulfonamides is 1. The molecule has 2 aromatic rings. The number of thiazole rings is 1. The van der Waals surface area contributed by atoms with E-state index in [1.54, 1.807) is 6.92 Å².